The molecule has 0 saturated heterocycles. The SMILES string of the molecule is COc1ccc(Cl)cc1C(=O)Nc1ccc(Cl)cn1. The third-order valence-corrected chi connectivity index (χ3v) is 2.83. The first-order valence-corrected chi connectivity index (χ1v) is 6.12. The Balaban J connectivity index is 2.24. The zero-order chi connectivity index (χ0) is 13.8. The monoisotopic (exact) mass is 296 g/mol. The maximum Gasteiger partial charge on any atom is 0.260 e. The van der Waals surface area contributed by atoms with E-state index in [9.17, 15) is 4.79 Å². The van der Waals surface area contributed by atoms with Gasteiger partial charge in [0.05, 0.1) is 17.7 Å². The maximum absolute atomic E-state index is 12.1. The standard InChI is InChI=1S/C13H10Cl2N2O2/c1-19-11-4-2-8(14)6-10(11)13(18)17-12-5-3-9(15)7-16-12/h2-7H,1H3,(H,16,17,18). The minimum Gasteiger partial charge on any atom is -0.496 e. The number of ether oxygens (including phenoxy) is 1. The Morgan fingerprint density at radius 1 is 1.21 bits per heavy atom. The molecule has 0 spiro atoms. The summed E-state index contributed by atoms with van der Waals surface area (Å²) < 4.78 is 5.12. The molecule has 1 aromatic heterocycles. The Hall–Kier alpha value is -1.78. The fourth-order valence-electron chi connectivity index (χ4n) is 1.49. The Morgan fingerprint density at radius 2 is 1.95 bits per heavy atom. The van der Waals surface area contributed by atoms with Crippen LogP contribution in [0.3, 0.4) is 0 Å². The average Bonchev–Trinajstić information content (AvgIpc) is 2.41. The maximum atomic E-state index is 12.1. The fraction of sp³-hybridized carbons (Fsp3) is 0.0769. The lowest BCUT2D eigenvalue weighted by Gasteiger charge is -2.09. The quantitative estimate of drug-likeness (QED) is 0.940. The second kappa shape index (κ2) is 5.91. The van der Waals surface area contributed by atoms with Gasteiger partial charge in [-0.1, -0.05) is 23.2 Å². The van der Waals surface area contributed by atoms with Gasteiger partial charge in [-0.05, 0) is 30.3 Å². The smallest absolute Gasteiger partial charge is 0.260 e. The lowest BCUT2D eigenvalue weighted by atomic mass is 10.2. The highest BCUT2D eigenvalue weighted by molar-refractivity contribution is 6.31. The van der Waals surface area contributed by atoms with E-state index in [0.717, 1.165) is 0 Å². The molecule has 0 fully saturated rings. The van der Waals surface area contributed by atoms with Gasteiger partial charge in [-0.2, -0.15) is 0 Å². The Kier molecular flexibility index (Phi) is 4.24. The van der Waals surface area contributed by atoms with Crippen molar-refractivity contribution in [1.82, 2.24) is 4.98 Å². The van der Waals surface area contributed by atoms with Crippen LogP contribution in [0.15, 0.2) is 36.5 Å². The first-order chi connectivity index (χ1) is 9.10. The van der Waals surface area contributed by atoms with E-state index < -0.39 is 0 Å². The van der Waals surface area contributed by atoms with Crippen LogP contribution in [0, 0.1) is 0 Å². The van der Waals surface area contributed by atoms with Crippen molar-refractivity contribution in [3.8, 4) is 5.75 Å². The summed E-state index contributed by atoms with van der Waals surface area (Å²) in [5.74, 6) is 0.487. The van der Waals surface area contributed by atoms with Crippen molar-refractivity contribution in [3.05, 3.63) is 52.1 Å². The molecule has 0 saturated carbocycles. The molecule has 1 N–H and O–H groups in total. The average molecular weight is 297 g/mol. The molecule has 4 nitrogen and oxygen atoms in total. The lowest BCUT2D eigenvalue weighted by Crippen LogP contribution is -2.14. The molecule has 0 atom stereocenters. The molecule has 0 aliphatic carbocycles. The van der Waals surface area contributed by atoms with Crippen LogP contribution in [0.4, 0.5) is 5.82 Å². The van der Waals surface area contributed by atoms with Gasteiger partial charge in [0.1, 0.15) is 11.6 Å². The van der Waals surface area contributed by atoms with Crippen molar-refractivity contribution in [2.75, 3.05) is 12.4 Å². The summed E-state index contributed by atoms with van der Waals surface area (Å²) in [7, 11) is 1.49. The molecule has 1 amide bonds. The summed E-state index contributed by atoms with van der Waals surface area (Å²) in [5.41, 5.74) is 0.340. The van der Waals surface area contributed by atoms with E-state index in [4.69, 9.17) is 27.9 Å². The zero-order valence-electron chi connectivity index (χ0n) is 9.98. The number of pyridine rings is 1. The van der Waals surface area contributed by atoms with Gasteiger partial charge in [0.25, 0.3) is 5.91 Å². The summed E-state index contributed by atoms with van der Waals surface area (Å²) >= 11 is 11.6. The molecule has 0 radical (unpaired) electrons. The van der Waals surface area contributed by atoms with E-state index in [0.29, 0.717) is 27.2 Å². The van der Waals surface area contributed by atoms with E-state index in [-0.39, 0.29) is 5.91 Å². The van der Waals surface area contributed by atoms with Crippen molar-refractivity contribution in [2.45, 2.75) is 0 Å². The predicted octanol–water partition coefficient (Wildman–Crippen LogP) is 3.65. The molecule has 0 unspecified atom stereocenters. The fourth-order valence-corrected chi connectivity index (χ4v) is 1.77. The van der Waals surface area contributed by atoms with E-state index >= 15 is 0 Å². The minimum atomic E-state index is -0.353. The molecule has 2 rings (SSSR count). The highest BCUT2D eigenvalue weighted by Gasteiger charge is 2.13. The molecule has 0 bridgehead atoms. The van der Waals surface area contributed by atoms with E-state index in [1.54, 1.807) is 24.3 Å². The van der Waals surface area contributed by atoms with Crippen molar-refractivity contribution < 1.29 is 9.53 Å². The topological polar surface area (TPSA) is 51.2 Å². The van der Waals surface area contributed by atoms with Gasteiger partial charge >= 0.3 is 0 Å². The molecule has 0 aliphatic rings. The lowest BCUT2D eigenvalue weighted by molar-refractivity contribution is 0.102. The molecule has 2 aromatic rings. The van der Waals surface area contributed by atoms with Gasteiger partial charge in [-0.3, -0.25) is 4.79 Å². The van der Waals surface area contributed by atoms with Crippen LogP contribution < -0.4 is 10.1 Å². The second-order valence-corrected chi connectivity index (χ2v) is 4.53. The van der Waals surface area contributed by atoms with Gasteiger partial charge < -0.3 is 10.1 Å². The van der Waals surface area contributed by atoms with Gasteiger partial charge in [-0.15, -0.1) is 0 Å². The summed E-state index contributed by atoms with van der Waals surface area (Å²) in [6.07, 6.45) is 1.45. The normalized spacial score (nSPS) is 10.1. The molecular weight excluding hydrogens is 287 g/mol. The number of nitrogens with one attached hydrogen (secondary N) is 1. The Labute approximate surface area is 120 Å². The van der Waals surface area contributed by atoms with Gasteiger partial charge in [0.15, 0.2) is 0 Å². The Bertz CT molecular complexity index is 600. The number of carbonyl (C=O) groups excluding carboxylic acids is 1. The second-order valence-electron chi connectivity index (χ2n) is 3.66. The van der Waals surface area contributed by atoms with Gasteiger partial charge in [0, 0.05) is 11.2 Å². The zero-order valence-corrected chi connectivity index (χ0v) is 11.5. The molecular formula is C13H10Cl2N2O2. The third-order valence-electron chi connectivity index (χ3n) is 2.38. The predicted molar refractivity (Wildman–Crippen MR) is 75.2 cm³/mol. The van der Waals surface area contributed by atoms with E-state index in [1.165, 1.54) is 19.4 Å². The number of aromatic nitrogens is 1. The van der Waals surface area contributed by atoms with Crippen LogP contribution >= 0.6 is 23.2 Å². The van der Waals surface area contributed by atoms with Crippen LogP contribution in [0.1, 0.15) is 10.4 Å². The van der Waals surface area contributed by atoms with Gasteiger partial charge in [-0.25, -0.2) is 4.98 Å². The van der Waals surface area contributed by atoms with Crippen LogP contribution in [0.2, 0.25) is 10.0 Å². The summed E-state index contributed by atoms with van der Waals surface area (Å²) in [6, 6.07) is 8.06. The number of carbonyl (C=O) groups is 1. The first kappa shape index (κ1) is 13.6. The van der Waals surface area contributed by atoms with E-state index in [1.807, 2.05) is 0 Å². The van der Waals surface area contributed by atoms with Crippen LogP contribution in [-0.4, -0.2) is 18.0 Å². The number of halogens is 2. The highest BCUT2D eigenvalue weighted by atomic mass is 35.5. The molecule has 1 aromatic carbocycles. The molecule has 0 aliphatic heterocycles. The molecule has 19 heavy (non-hydrogen) atoms. The van der Waals surface area contributed by atoms with Crippen LogP contribution in [0.5, 0.6) is 5.75 Å². The first-order valence-electron chi connectivity index (χ1n) is 5.36. The molecule has 6 heteroatoms. The highest BCUT2D eigenvalue weighted by Crippen LogP contribution is 2.23. The molecule has 98 valence electrons. The van der Waals surface area contributed by atoms with Crippen LogP contribution in [-0.2, 0) is 0 Å². The minimum absolute atomic E-state index is 0.340. The largest absolute Gasteiger partial charge is 0.496 e. The van der Waals surface area contributed by atoms with Crippen LogP contribution in [0.25, 0.3) is 0 Å². The summed E-state index contributed by atoms with van der Waals surface area (Å²) in [4.78, 5) is 16.1. The molecule has 1 heterocycles. The van der Waals surface area contributed by atoms with Crippen molar-refractivity contribution in [2.24, 2.45) is 0 Å². The van der Waals surface area contributed by atoms with Gasteiger partial charge in [0.2, 0.25) is 0 Å². The number of hydrogen-bond acceptors (Lipinski definition) is 3. The van der Waals surface area contributed by atoms with Crippen molar-refractivity contribution >= 4 is 34.9 Å². The number of anilines is 1. The number of amides is 1. The summed E-state index contributed by atoms with van der Waals surface area (Å²) in [6.45, 7) is 0. The van der Waals surface area contributed by atoms with Crippen molar-refractivity contribution in [3.63, 3.8) is 0 Å². The third kappa shape index (κ3) is 3.36. The summed E-state index contributed by atoms with van der Waals surface area (Å²) in [5, 5.41) is 3.59. The number of rotatable bonds is 3. The Morgan fingerprint density at radius 3 is 2.58 bits per heavy atom. The number of nitrogens with zero attached hydrogens (tertiary/aromatic N) is 1. The van der Waals surface area contributed by atoms with Crippen molar-refractivity contribution in [1.29, 1.82) is 0 Å². The van der Waals surface area contributed by atoms with E-state index in [2.05, 4.69) is 10.3 Å². The number of hydrogen-bond donors (Lipinski definition) is 1. The number of methoxy groups -OCH3 is 1. The number of benzene rings is 1.